The maximum absolute atomic E-state index is 15.4. The number of imidazole rings is 1. The third kappa shape index (κ3) is 3.91. The minimum atomic E-state index is -0.603. The van der Waals surface area contributed by atoms with E-state index in [1.54, 1.807) is 28.8 Å². The molecule has 9 rings (SSSR count). The lowest BCUT2D eigenvalue weighted by Gasteiger charge is -2.25. The number of amides is 1. The van der Waals surface area contributed by atoms with Crippen LogP contribution in [0.25, 0.3) is 28.1 Å². The predicted octanol–water partition coefficient (Wildman–Crippen LogP) is 4.90. The number of pyridine rings is 1. The zero-order valence-electron chi connectivity index (χ0n) is 22.7. The summed E-state index contributed by atoms with van der Waals surface area (Å²) in [6.45, 7) is 0. The van der Waals surface area contributed by atoms with Gasteiger partial charge in [-0.15, -0.1) is 5.10 Å². The van der Waals surface area contributed by atoms with Crippen LogP contribution in [0, 0.1) is 23.7 Å². The summed E-state index contributed by atoms with van der Waals surface area (Å²) in [5, 5.41) is 15.0. The van der Waals surface area contributed by atoms with Crippen LogP contribution in [-0.2, 0) is 11.2 Å². The summed E-state index contributed by atoms with van der Waals surface area (Å²) in [6.07, 6.45) is 5.20. The van der Waals surface area contributed by atoms with Gasteiger partial charge in [0.2, 0.25) is 11.9 Å². The van der Waals surface area contributed by atoms with Crippen LogP contribution < -0.4 is 10.9 Å². The van der Waals surface area contributed by atoms with Crippen LogP contribution in [0.15, 0.2) is 59.7 Å². The zero-order valence-corrected chi connectivity index (χ0v) is 23.4. The van der Waals surface area contributed by atoms with Gasteiger partial charge in [-0.1, -0.05) is 17.7 Å². The average molecular weight is 595 g/mol. The third-order valence-corrected chi connectivity index (χ3v) is 9.68. The molecule has 12 heteroatoms. The molecule has 5 heterocycles. The summed E-state index contributed by atoms with van der Waals surface area (Å²) in [5.41, 5.74) is 5.60. The Hall–Kier alpha value is -4.64. The summed E-state index contributed by atoms with van der Waals surface area (Å²) in [6, 6.07) is 14.1. The maximum Gasteiger partial charge on any atom is 0.252 e. The van der Waals surface area contributed by atoms with Crippen LogP contribution >= 0.6 is 11.6 Å². The van der Waals surface area contributed by atoms with E-state index in [1.165, 1.54) is 11.0 Å². The fraction of sp³-hybridized carbons (Fsp3) is 0.290. The monoisotopic (exact) mass is 594 g/mol. The number of nitrogens with zero attached hydrogens (tertiary/aromatic N) is 6. The highest BCUT2D eigenvalue weighted by Gasteiger charge is 2.54. The second-order valence-corrected chi connectivity index (χ2v) is 12.5. The van der Waals surface area contributed by atoms with Gasteiger partial charge in [0.25, 0.3) is 5.56 Å². The van der Waals surface area contributed by atoms with Crippen molar-refractivity contribution in [3.05, 3.63) is 93.3 Å². The van der Waals surface area contributed by atoms with Crippen LogP contribution in [-0.4, -0.2) is 40.6 Å². The van der Waals surface area contributed by atoms with Gasteiger partial charge in [-0.2, -0.15) is 9.07 Å². The average Bonchev–Trinajstić information content (AvgIpc) is 3.86. The standard InChI is InChI=1S/C31H24ClFN8O2/c32-18-4-6-24(40-13-34-38-39-40)19(11-18)16-9-25-21-12-22(21)28(41(25)26(42)10-16)30-36-27(29(33)37-30)15-3-5-23-17(7-15)8-20(14-1-2-14)31(43)35-23/h3-7,9-11,13-14,20-22,28H,1-2,8,12H2,(H,35,43)(H,36,37). The molecule has 0 bridgehead atoms. The van der Waals surface area contributed by atoms with Gasteiger partial charge in [0.15, 0.2) is 0 Å². The molecule has 2 fully saturated rings. The number of fused-ring (bicyclic) bond motifs is 4. The number of aromatic nitrogens is 7. The molecule has 2 aliphatic carbocycles. The molecule has 2 N–H and O–H groups in total. The van der Waals surface area contributed by atoms with Gasteiger partial charge in [-0.05, 0) is 95.5 Å². The number of nitrogens with one attached hydrogen (secondary N) is 2. The van der Waals surface area contributed by atoms with E-state index in [0.29, 0.717) is 40.0 Å². The number of tetrazole rings is 1. The molecule has 4 aliphatic rings. The van der Waals surface area contributed by atoms with E-state index < -0.39 is 5.95 Å². The number of benzene rings is 2. The van der Waals surface area contributed by atoms with Gasteiger partial charge in [0.05, 0.1) is 11.7 Å². The largest absolute Gasteiger partial charge is 0.338 e. The molecule has 10 nitrogen and oxygen atoms in total. The third-order valence-electron chi connectivity index (χ3n) is 9.44. The first-order chi connectivity index (χ1) is 20.9. The molecule has 4 unspecified atom stereocenters. The molecule has 3 aromatic heterocycles. The Morgan fingerprint density at radius 1 is 1.00 bits per heavy atom. The predicted molar refractivity (Wildman–Crippen MR) is 155 cm³/mol. The number of carbonyl (C=O) groups is 1. The molecule has 5 aromatic rings. The molecule has 0 spiro atoms. The molecule has 2 saturated carbocycles. The number of halogens is 2. The minimum absolute atomic E-state index is 0.0284. The number of aromatic amines is 1. The van der Waals surface area contributed by atoms with Gasteiger partial charge in [0.1, 0.15) is 17.8 Å². The smallest absolute Gasteiger partial charge is 0.252 e. The first-order valence-corrected chi connectivity index (χ1v) is 14.8. The first kappa shape index (κ1) is 24.9. The van der Waals surface area contributed by atoms with Crippen molar-refractivity contribution in [3.63, 3.8) is 0 Å². The molecule has 1 amide bonds. The van der Waals surface area contributed by atoms with Crippen molar-refractivity contribution in [1.82, 2.24) is 34.7 Å². The minimum Gasteiger partial charge on any atom is -0.338 e. The number of hydrogen-bond donors (Lipinski definition) is 2. The van der Waals surface area contributed by atoms with Crippen LogP contribution in [0.5, 0.6) is 0 Å². The van der Waals surface area contributed by atoms with E-state index in [0.717, 1.165) is 41.8 Å². The molecule has 2 aliphatic heterocycles. The lowest BCUT2D eigenvalue weighted by Crippen LogP contribution is -2.31. The molecule has 214 valence electrons. The molecule has 0 saturated heterocycles. The number of H-pyrrole nitrogens is 1. The quantitative estimate of drug-likeness (QED) is 0.298. The highest BCUT2D eigenvalue weighted by Crippen LogP contribution is 2.60. The van der Waals surface area contributed by atoms with Crippen LogP contribution in [0.3, 0.4) is 0 Å². The lowest BCUT2D eigenvalue weighted by atomic mass is 9.88. The van der Waals surface area contributed by atoms with E-state index in [1.807, 2.05) is 24.3 Å². The van der Waals surface area contributed by atoms with Gasteiger partial charge >= 0.3 is 0 Å². The second-order valence-electron chi connectivity index (χ2n) is 12.0. The highest BCUT2D eigenvalue weighted by molar-refractivity contribution is 6.31. The van der Waals surface area contributed by atoms with Crippen molar-refractivity contribution in [2.75, 3.05) is 5.32 Å². The normalized spacial score (nSPS) is 23.4. The fourth-order valence-electron chi connectivity index (χ4n) is 7.15. The van der Waals surface area contributed by atoms with Crippen LogP contribution in [0.4, 0.5) is 10.1 Å². The fourth-order valence-corrected chi connectivity index (χ4v) is 7.32. The summed E-state index contributed by atoms with van der Waals surface area (Å²) >= 11 is 6.35. The summed E-state index contributed by atoms with van der Waals surface area (Å²) in [5.74, 6) is 0.646. The second kappa shape index (κ2) is 8.93. The van der Waals surface area contributed by atoms with E-state index >= 15 is 4.39 Å². The number of anilines is 1. The van der Waals surface area contributed by atoms with Crippen LogP contribution in [0.1, 0.15) is 48.3 Å². The molecular weight excluding hydrogens is 571 g/mol. The summed E-state index contributed by atoms with van der Waals surface area (Å²) in [7, 11) is 0. The van der Waals surface area contributed by atoms with E-state index in [2.05, 4.69) is 30.8 Å². The number of rotatable bonds is 5. The molecule has 0 radical (unpaired) electrons. The van der Waals surface area contributed by atoms with Gasteiger partial charge in [-0.25, -0.2) is 4.98 Å². The Kier molecular flexibility index (Phi) is 5.18. The van der Waals surface area contributed by atoms with E-state index in [-0.39, 0.29) is 41.0 Å². The molecular formula is C31H24ClFN8O2. The van der Waals surface area contributed by atoms with Crippen molar-refractivity contribution in [2.24, 2.45) is 17.8 Å². The Morgan fingerprint density at radius 2 is 1.88 bits per heavy atom. The van der Waals surface area contributed by atoms with Crippen molar-refractivity contribution in [3.8, 4) is 28.1 Å². The molecule has 2 aromatic carbocycles. The lowest BCUT2D eigenvalue weighted by molar-refractivity contribution is -0.120. The van der Waals surface area contributed by atoms with Crippen molar-refractivity contribution in [2.45, 2.75) is 37.6 Å². The van der Waals surface area contributed by atoms with Crippen molar-refractivity contribution < 1.29 is 9.18 Å². The first-order valence-electron chi connectivity index (χ1n) is 14.4. The van der Waals surface area contributed by atoms with Gasteiger partial charge < -0.3 is 14.9 Å². The molecule has 4 atom stereocenters. The summed E-state index contributed by atoms with van der Waals surface area (Å²) < 4.78 is 18.7. The number of carbonyl (C=O) groups excluding carboxylic acids is 1. The maximum atomic E-state index is 15.4. The number of hydrogen-bond acceptors (Lipinski definition) is 6. The summed E-state index contributed by atoms with van der Waals surface area (Å²) in [4.78, 5) is 33.7. The van der Waals surface area contributed by atoms with Crippen LogP contribution in [0.2, 0.25) is 5.02 Å². The Bertz CT molecular complexity index is 2030. The van der Waals surface area contributed by atoms with Gasteiger partial charge in [-0.3, -0.25) is 9.59 Å². The van der Waals surface area contributed by atoms with E-state index in [9.17, 15) is 9.59 Å². The van der Waals surface area contributed by atoms with Crippen molar-refractivity contribution >= 4 is 23.2 Å². The Balaban J connectivity index is 1.08. The molecule has 43 heavy (non-hydrogen) atoms. The Labute approximate surface area is 248 Å². The Morgan fingerprint density at radius 3 is 2.70 bits per heavy atom. The van der Waals surface area contributed by atoms with Crippen molar-refractivity contribution in [1.29, 1.82) is 0 Å². The van der Waals surface area contributed by atoms with E-state index in [4.69, 9.17) is 11.6 Å². The SMILES string of the molecule is O=C1Nc2ccc(-c3[nH]c(C4C5CC5c5cc(-c6cc(Cl)ccc6-n6cnnn6)cc(=O)n54)nc3F)cc2CC1C1CC1. The topological polar surface area (TPSA) is 123 Å². The van der Waals surface area contributed by atoms with Gasteiger partial charge in [0, 0.05) is 45.4 Å². The zero-order chi connectivity index (χ0) is 29.0. The highest BCUT2D eigenvalue weighted by atomic mass is 35.5.